The Morgan fingerprint density at radius 3 is 2.43 bits per heavy atom. The van der Waals surface area contributed by atoms with Crippen LogP contribution < -0.4 is 0 Å². The molecule has 1 N–H and O–H groups in total. The lowest BCUT2D eigenvalue weighted by molar-refractivity contribution is -0.134. The van der Waals surface area contributed by atoms with Crippen molar-refractivity contribution in [3.63, 3.8) is 0 Å². The predicted molar refractivity (Wildman–Crippen MR) is 90.2 cm³/mol. The van der Waals surface area contributed by atoms with Gasteiger partial charge in [0, 0.05) is 12.5 Å². The van der Waals surface area contributed by atoms with E-state index < -0.39 is 5.97 Å². The summed E-state index contributed by atoms with van der Waals surface area (Å²) in [7, 11) is 0. The molecule has 0 radical (unpaired) electrons. The summed E-state index contributed by atoms with van der Waals surface area (Å²) >= 11 is 1.53. The Morgan fingerprint density at radius 1 is 1.26 bits per heavy atom. The van der Waals surface area contributed by atoms with Crippen molar-refractivity contribution < 1.29 is 14.3 Å². The maximum atomic E-state index is 13.0. The number of carbonyl (C=O) groups is 1. The second-order valence-electron chi connectivity index (χ2n) is 5.28. The van der Waals surface area contributed by atoms with Gasteiger partial charge < -0.3 is 5.11 Å². The van der Waals surface area contributed by atoms with E-state index in [1.54, 1.807) is 12.1 Å². The van der Waals surface area contributed by atoms with Crippen molar-refractivity contribution in [1.29, 1.82) is 0 Å². The lowest BCUT2D eigenvalue weighted by Gasteiger charge is -2.09. The van der Waals surface area contributed by atoms with Crippen LogP contribution in [0.2, 0.25) is 0 Å². The second kappa shape index (κ2) is 7.28. The average molecular weight is 332 g/mol. The van der Waals surface area contributed by atoms with Crippen molar-refractivity contribution in [3.05, 3.63) is 47.2 Å². The summed E-state index contributed by atoms with van der Waals surface area (Å²) in [6.07, 6.45) is 0. The van der Waals surface area contributed by atoms with Gasteiger partial charge in [0.15, 0.2) is 0 Å². The summed E-state index contributed by atoms with van der Waals surface area (Å²) in [6, 6.07) is 8.50. The summed E-state index contributed by atoms with van der Waals surface area (Å²) in [6.45, 7) is 5.37. The van der Waals surface area contributed by atoms with E-state index >= 15 is 0 Å². The van der Waals surface area contributed by atoms with Crippen molar-refractivity contribution >= 4 is 27.7 Å². The fraction of sp³-hybridized carbons (Fsp3) is 0.235. The van der Waals surface area contributed by atoms with Gasteiger partial charge >= 0.3 is 0 Å². The van der Waals surface area contributed by atoms with Gasteiger partial charge in [-0.3, -0.25) is 4.79 Å². The first-order chi connectivity index (χ1) is 10.9. The molecule has 6 heteroatoms. The largest absolute Gasteiger partial charge is 0.481 e. The van der Waals surface area contributed by atoms with E-state index in [9.17, 15) is 4.39 Å². The Morgan fingerprint density at radius 2 is 1.87 bits per heavy atom. The zero-order chi connectivity index (χ0) is 17.0. The minimum atomic E-state index is -0.833. The molecule has 2 aromatic heterocycles. The van der Waals surface area contributed by atoms with Crippen molar-refractivity contribution in [2.24, 2.45) is 0 Å². The number of benzene rings is 1. The molecular weight excluding hydrogens is 315 g/mol. The molecule has 0 saturated heterocycles. The van der Waals surface area contributed by atoms with Crippen LogP contribution in [0.25, 0.3) is 21.6 Å². The van der Waals surface area contributed by atoms with E-state index in [2.05, 4.69) is 29.9 Å². The molecule has 0 fully saturated rings. The highest BCUT2D eigenvalue weighted by molar-refractivity contribution is 7.16. The van der Waals surface area contributed by atoms with E-state index in [-0.39, 0.29) is 5.82 Å². The van der Waals surface area contributed by atoms with Crippen LogP contribution in [0.5, 0.6) is 0 Å². The SMILES string of the molecule is CC(=O)O.CC(C)c1cc(-c2ccc(F)cc2)nc2scnc12. The van der Waals surface area contributed by atoms with Crippen molar-refractivity contribution in [2.75, 3.05) is 0 Å². The Bertz CT molecular complexity index is 809. The van der Waals surface area contributed by atoms with E-state index in [0.29, 0.717) is 5.92 Å². The van der Waals surface area contributed by atoms with E-state index in [1.807, 2.05) is 5.51 Å². The highest BCUT2D eigenvalue weighted by Crippen LogP contribution is 2.30. The molecule has 0 aliphatic heterocycles. The highest BCUT2D eigenvalue weighted by atomic mass is 32.1. The van der Waals surface area contributed by atoms with E-state index in [0.717, 1.165) is 28.5 Å². The number of carboxylic acid groups (broad SMARTS) is 1. The molecule has 1 aromatic carbocycles. The van der Waals surface area contributed by atoms with Crippen LogP contribution in [-0.2, 0) is 4.79 Å². The Balaban J connectivity index is 0.000000433. The van der Waals surface area contributed by atoms with Gasteiger partial charge in [0.1, 0.15) is 16.2 Å². The number of fused-ring (bicyclic) bond motifs is 1. The summed E-state index contributed by atoms with van der Waals surface area (Å²) in [5, 5.41) is 7.42. The summed E-state index contributed by atoms with van der Waals surface area (Å²) in [5.74, 6) is -0.682. The Hall–Kier alpha value is -2.34. The third kappa shape index (κ3) is 4.32. The van der Waals surface area contributed by atoms with Crippen molar-refractivity contribution in [3.8, 4) is 11.3 Å². The number of rotatable bonds is 2. The van der Waals surface area contributed by atoms with Crippen molar-refractivity contribution in [1.82, 2.24) is 9.97 Å². The first-order valence-electron chi connectivity index (χ1n) is 7.08. The summed E-state index contributed by atoms with van der Waals surface area (Å²) in [4.78, 5) is 18.9. The van der Waals surface area contributed by atoms with Gasteiger partial charge in [-0.25, -0.2) is 14.4 Å². The minimum Gasteiger partial charge on any atom is -0.481 e. The maximum Gasteiger partial charge on any atom is 0.300 e. The zero-order valence-electron chi connectivity index (χ0n) is 13.1. The maximum absolute atomic E-state index is 13.0. The zero-order valence-corrected chi connectivity index (χ0v) is 13.9. The lowest BCUT2D eigenvalue weighted by Crippen LogP contribution is -1.93. The van der Waals surface area contributed by atoms with Gasteiger partial charge in [-0.05, 0) is 41.8 Å². The smallest absolute Gasteiger partial charge is 0.300 e. The van der Waals surface area contributed by atoms with Crippen LogP contribution in [0.15, 0.2) is 35.8 Å². The van der Waals surface area contributed by atoms with Gasteiger partial charge in [-0.15, -0.1) is 11.3 Å². The molecule has 0 amide bonds. The number of carboxylic acids is 1. The lowest BCUT2D eigenvalue weighted by atomic mass is 10.0. The third-order valence-electron chi connectivity index (χ3n) is 3.10. The molecule has 0 aliphatic carbocycles. The third-order valence-corrected chi connectivity index (χ3v) is 3.82. The number of pyridine rings is 1. The molecule has 0 aliphatic rings. The van der Waals surface area contributed by atoms with E-state index in [4.69, 9.17) is 9.90 Å². The summed E-state index contributed by atoms with van der Waals surface area (Å²) in [5.41, 5.74) is 5.79. The molecular formula is C17H17FN2O2S. The molecule has 4 nitrogen and oxygen atoms in total. The minimum absolute atomic E-state index is 0.230. The van der Waals surface area contributed by atoms with Crippen LogP contribution in [0.4, 0.5) is 4.39 Å². The van der Waals surface area contributed by atoms with E-state index in [1.165, 1.54) is 29.0 Å². The van der Waals surface area contributed by atoms with Crippen molar-refractivity contribution in [2.45, 2.75) is 26.7 Å². The topological polar surface area (TPSA) is 63.1 Å². The highest BCUT2D eigenvalue weighted by Gasteiger charge is 2.12. The molecule has 0 saturated carbocycles. The Kier molecular flexibility index (Phi) is 5.39. The van der Waals surface area contributed by atoms with Crippen LogP contribution in [0.1, 0.15) is 32.3 Å². The number of hydrogen-bond donors (Lipinski definition) is 1. The monoisotopic (exact) mass is 332 g/mol. The molecule has 120 valence electrons. The molecule has 0 atom stereocenters. The van der Waals surface area contributed by atoms with Gasteiger partial charge in [0.05, 0.1) is 11.2 Å². The predicted octanol–water partition coefficient (Wildman–Crippen LogP) is 4.71. The number of aromatic nitrogens is 2. The molecule has 2 heterocycles. The van der Waals surface area contributed by atoms with Gasteiger partial charge in [0.25, 0.3) is 5.97 Å². The van der Waals surface area contributed by atoms with Crippen LogP contribution in [0.3, 0.4) is 0 Å². The quantitative estimate of drug-likeness (QED) is 0.738. The number of nitrogens with zero attached hydrogens (tertiary/aromatic N) is 2. The molecule has 0 spiro atoms. The average Bonchev–Trinajstić information content (AvgIpc) is 2.94. The first kappa shape index (κ1) is 17.0. The normalized spacial score (nSPS) is 10.5. The first-order valence-corrected chi connectivity index (χ1v) is 7.96. The fourth-order valence-corrected chi connectivity index (χ4v) is 2.77. The number of hydrogen-bond acceptors (Lipinski definition) is 4. The van der Waals surface area contributed by atoms with Crippen LogP contribution in [-0.4, -0.2) is 21.0 Å². The summed E-state index contributed by atoms with van der Waals surface area (Å²) < 4.78 is 13.0. The molecule has 3 aromatic rings. The van der Waals surface area contributed by atoms with Crippen LogP contribution in [0, 0.1) is 5.82 Å². The van der Waals surface area contributed by atoms with Gasteiger partial charge in [0.2, 0.25) is 0 Å². The van der Waals surface area contributed by atoms with Gasteiger partial charge in [-0.1, -0.05) is 13.8 Å². The molecule has 23 heavy (non-hydrogen) atoms. The van der Waals surface area contributed by atoms with Gasteiger partial charge in [-0.2, -0.15) is 0 Å². The standard InChI is InChI=1S/C15H13FN2S.C2H4O2/c1-9(2)12-7-13(10-3-5-11(16)6-4-10)18-15-14(12)17-8-19-15;1-2(3)4/h3-9H,1-2H3;1H3,(H,3,4). The second-order valence-corrected chi connectivity index (χ2v) is 6.12. The number of aliphatic carboxylic acids is 1. The number of halogens is 1. The molecule has 0 unspecified atom stereocenters. The molecule has 3 rings (SSSR count). The Labute approximate surface area is 137 Å². The van der Waals surface area contributed by atoms with Crippen LogP contribution >= 0.6 is 11.3 Å². The molecule has 0 bridgehead atoms. The fourth-order valence-electron chi connectivity index (χ4n) is 2.08. The number of thiazole rings is 1.